The molecule has 0 atom stereocenters. The van der Waals surface area contributed by atoms with Crippen molar-refractivity contribution in [2.75, 3.05) is 25.6 Å². The lowest BCUT2D eigenvalue weighted by atomic mass is 10.1. The molecule has 20 heavy (non-hydrogen) atoms. The lowest BCUT2D eigenvalue weighted by Crippen LogP contribution is -2.12. The van der Waals surface area contributed by atoms with Gasteiger partial charge in [-0.1, -0.05) is 31.5 Å². The van der Waals surface area contributed by atoms with Crippen LogP contribution in [-0.2, 0) is 11.2 Å². The minimum atomic E-state index is 0.669. The molecule has 0 unspecified atom stereocenters. The van der Waals surface area contributed by atoms with Gasteiger partial charge in [-0.05, 0) is 25.0 Å². The van der Waals surface area contributed by atoms with Gasteiger partial charge in [-0.2, -0.15) is 0 Å². The second kappa shape index (κ2) is 7.10. The molecule has 4 heteroatoms. The van der Waals surface area contributed by atoms with E-state index in [9.17, 15) is 0 Å². The molecule has 0 aliphatic rings. The van der Waals surface area contributed by atoms with Gasteiger partial charge in [0.15, 0.2) is 0 Å². The van der Waals surface area contributed by atoms with Crippen LogP contribution in [0.1, 0.15) is 24.6 Å². The Kier molecular flexibility index (Phi) is 5.18. The van der Waals surface area contributed by atoms with Crippen molar-refractivity contribution in [2.24, 2.45) is 0 Å². The monoisotopic (exact) mass is 273 g/mol. The fourth-order valence-corrected chi connectivity index (χ4v) is 2.30. The number of rotatable bonds is 7. The molecule has 0 aliphatic heterocycles. The second-order valence-corrected chi connectivity index (χ2v) is 4.87. The Morgan fingerprint density at radius 3 is 2.85 bits per heavy atom. The van der Waals surface area contributed by atoms with Crippen LogP contribution in [0.4, 0.5) is 5.95 Å². The Bertz CT molecular complexity index is 548. The molecule has 1 aromatic heterocycles. The fourth-order valence-electron chi connectivity index (χ4n) is 2.30. The largest absolute Gasteiger partial charge is 0.383 e. The minimum absolute atomic E-state index is 0.669. The van der Waals surface area contributed by atoms with Gasteiger partial charge >= 0.3 is 0 Å². The smallest absolute Gasteiger partial charge is 0.207 e. The number of nitrogens with one attached hydrogen (secondary N) is 1. The summed E-state index contributed by atoms with van der Waals surface area (Å²) < 4.78 is 7.21. The standard InChI is InChI=1S/C16H23N3O/c1-4-7-14-8-5-6-9-15(14)19-12-13(2)18-16(19)17-10-11-20-3/h5-6,8-9,12H,4,7,10-11H2,1-3H3,(H,17,18). The van der Waals surface area contributed by atoms with E-state index >= 15 is 0 Å². The topological polar surface area (TPSA) is 39.1 Å². The van der Waals surface area contributed by atoms with E-state index in [1.165, 1.54) is 11.3 Å². The number of benzene rings is 1. The molecular formula is C16H23N3O. The second-order valence-electron chi connectivity index (χ2n) is 4.87. The van der Waals surface area contributed by atoms with Crippen molar-refractivity contribution >= 4 is 5.95 Å². The average Bonchev–Trinajstić information content (AvgIpc) is 2.81. The van der Waals surface area contributed by atoms with Gasteiger partial charge in [0.1, 0.15) is 0 Å². The Balaban J connectivity index is 2.32. The zero-order valence-corrected chi connectivity index (χ0v) is 12.5. The normalized spacial score (nSPS) is 10.8. The third-order valence-electron chi connectivity index (χ3n) is 3.19. The van der Waals surface area contributed by atoms with Crippen LogP contribution < -0.4 is 5.32 Å². The van der Waals surface area contributed by atoms with Crippen LogP contribution in [0.2, 0.25) is 0 Å². The molecule has 0 amide bonds. The number of ether oxygens (including phenoxy) is 1. The van der Waals surface area contributed by atoms with Gasteiger partial charge in [-0.3, -0.25) is 4.57 Å². The average molecular weight is 273 g/mol. The molecule has 108 valence electrons. The van der Waals surface area contributed by atoms with Gasteiger partial charge in [0.05, 0.1) is 18.0 Å². The third kappa shape index (κ3) is 3.39. The number of hydrogen-bond acceptors (Lipinski definition) is 3. The van der Waals surface area contributed by atoms with Crippen molar-refractivity contribution in [3.05, 3.63) is 41.7 Å². The maximum atomic E-state index is 5.08. The van der Waals surface area contributed by atoms with Crippen LogP contribution in [0, 0.1) is 6.92 Å². The number of hydrogen-bond donors (Lipinski definition) is 1. The summed E-state index contributed by atoms with van der Waals surface area (Å²) in [5, 5.41) is 3.33. The number of aryl methyl sites for hydroxylation is 2. The van der Waals surface area contributed by atoms with E-state index in [-0.39, 0.29) is 0 Å². The molecule has 0 fully saturated rings. The first kappa shape index (κ1) is 14.6. The van der Waals surface area contributed by atoms with Crippen molar-refractivity contribution in [1.82, 2.24) is 9.55 Å². The van der Waals surface area contributed by atoms with Crippen LogP contribution in [0.25, 0.3) is 5.69 Å². The van der Waals surface area contributed by atoms with Gasteiger partial charge in [-0.15, -0.1) is 0 Å². The number of anilines is 1. The maximum Gasteiger partial charge on any atom is 0.207 e. The minimum Gasteiger partial charge on any atom is -0.383 e. The van der Waals surface area contributed by atoms with E-state index in [2.05, 4.69) is 52.3 Å². The van der Waals surface area contributed by atoms with Crippen LogP contribution in [-0.4, -0.2) is 29.8 Å². The molecule has 1 heterocycles. The summed E-state index contributed by atoms with van der Waals surface area (Å²) in [6.07, 6.45) is 4.28. The van der Waals surface area contributed by atoms with Gasteiger partial charge < -0.3 is 10.1 Å². The molecule has 0 bridgehead atoms. The molecule has 4 nitrogen and oxygen atoms in total. The first-order valence-electron chi connectivity index (χ1n) is 7.13. The fraction of sp³-hybridized carbons (Fsp3) is 0.438. The highest BCUT2D eigenvalue weighted by Gasteiger charge is 2.10. The summed E-state index contributed by atoms with van der Waals surface area (Å²) in [5.74, 6) is 0.878. The molecule has 0 aliphatic carbocycles. The van der Waals surface area contributed by atoms with E-state index in [0.717, 1.165) is 31.0 Å². The highest BCUT2D eigenvalue weighted by atomic mass is 16.5. The molecule has 1 aromatic carbocycles. The number of para-hydroxylation sites is 1. The first-order valence-corrected chi connectivity index (χ1v) is 7.13. The summed E-state index contributed by atoms with van der Waals surface area (Å²) in [6, 6.07) is 8.50. The number of nitrogens with zero attached hydrogens (tertiary/aromatic N) is 2. The van der Waals surface area contributed by atoms with Crippen LogP contribution >= 0.6 is 0 Å². The molecule has 0 spiro atoms. The Morgan fingerprint density at radius 1 is 1.30 bits per heavy atom. The van der Waals surface area contributed by atoms with Crippen LogP contribution in [0.15, 0.2) is 30.5 Å². The zero-order chi connectivity index (χ0) is 14.4. The van der Waals surface area contributed by atoms with E-state index in [1.54, 1.807) is 7.11 Å². The quantitative estimate of drug-likeness (QED) is 0.787. The summed E-state index contributed by atoms with van der Waals surface area (Å²) in [5.41, 5.74) is 3.56. The number of imidazole rings is 1. The van der Waals surface area contributed by atoms with E-state index in [0.29, 0.717) is 6.61 Å². The van der Waals surface area contributed by atoms with Crippen molar-refractivity contribution < 1.29 is 4.74 Å². The van der Waals surface area contributed by atoms with Crippen molar-refractivity contribution in [3.63, 3.8) is 0 Å². The summed E-state index contributed by atoms with van der Waals surface area (Å²) >= 11 is 0. The zero-order valence-electron chi connectivity index (χ0n) is 12.5. The summed E-state index contributed by atoms with van der Waals surface area (Å²) in [4.78, 5) is 4.56. The van der Waals surface area contributed by atoms with Crippen LogP contribution in [0.5, 0.6) is 0 Å². The summed E-state index contributed by atoms with van der Waals surface area (Å²) in [6.45, 7) is 5.64. The molecule has 0 radical (unpaired) electrons. The van der Waals surface area contributed by atoms with Gasteiger partial charge in [-0.25, -0.2) is 4.98 Å². The number of aromatic nitrogens is 2. The Hall–Kier alpha value is -1.81. The molecule has 0 saturated carbocycles. The van der Waals surface area contributed by atoms with Crippen LogP contribution in [0.3, 0.4) is 0 Å². The van der Waals surface area contributed by atoms with Gasteiger partial charge in [0, 0.05) is 19.9 Å². The number of methoxy groups -OCH3 is 1. The van der Waals surface area contributed by atoms with Crippen molar-refractivity contribution in [1.29, 1.82) is 0 Å². The lowest BCUT2D eigenvalue weighted by Gasteiger charge is -2.13. The predicted molar refractivity (Wildman–Crippen MR) is 82.7 cm³/mol. The van der Waals surface area contributed by atoms with Crippen molar-refractivity contribution in [2.45, 2.75) is 26.7 Å². The third-order valence-corrected chi connectivity index (χ3v) is 3.19. The first-order chi connectivity index (χ1) is 9.76. The van der Waals surface area contributed by atoms with Gasteiger partial charge in [0.2, 0.25) is 5.95 Å². The van der Waals surface area contributed by atoms with Crippen molar-refractivity contribution in [3.8, 4) is 5.69 Å². The summed E-state index contributed by atoms with van der Waals surface area (Å²) in [7, 11) is 1.70. The van der Waals surface area contributed by atoms with Gasteiger partial charge in [0.25, 0.3) is 0 Å². The Morgan fingerprint density at radius 2 is 2.10 bits per heavy atom. The predicted octanol–water partition coefficient (Wildman–Crippen LogP) is 3.19. The highest BCUT2D eigenvalue weighted by molar-refractivity contribution is 5.48. The molecule has 2 rings (SSSR count). The molecule has 0 saturated heterocycles. The van der Waals surface area contributed by atoms with E-state index < -0.39 is 0 Å². The highest BCUT2D eigenvalue weighted by Crippen LogP contribution is 2.21. The SMILES string of the molecule is CCCc1ccccc1-n1cc(C)nc1NCCOC. The molecule has 1 N–H and O–H groups in total. The lowest BCUT2D eigenvalue weighted by molar-refractivity contribution is 0.210. The van der Waals surface area contributed by atoms with E-state index in [4.69, 9.17) is 4.74 Å². The van der Waals surface area contributed by atoms with E-state index in [1.807, 2.05) is 6.92 Å². The maximum absolute atomic E-state index is 5.08. The Labute approximate surface area is 120 Å². The molecular weight excluding hydrogens is 250 g/mol. The molecule has 2 aromatic rings.